The van der Waals surface area contributed by atoms with Crippen LogP contribution in [-0.2, 0) is 9.59 Å². The first-order valence-corrected chi connectivity index (χ1v) is 9.76. The maximum Gasteiger partial charge on any atom is 0.264 e. The molecule has 0 radical (unpaired) electrons. The van der Waals surface area contributed by atoms with Gasteiger partial charge in [0.05, 0.1) is 28.4 Å². The van der Waals surface area contributed by atoms with Crippen molar-refractivity contribution in [2.45, 2.75) is 19.9 Å². The van der Waals surface area contributed by atoms with E-state index in [2.05, 4.69) is 5.32 Å². The average molecular weight is 429 g/mol. The van der Waals surface area contributed by atoms with Crippen molar-refractivity contribution in [3.63, 3.8) is 0 Å². The van der Waals surface area contributed by atoms with Crippen LogP contribution in [0.3, 0.4) is 0 Å². The highest BCUT2D eigenvalue weighted by atomic mass is 35.5. The summed E-state index contributed by atoms with van der Waals surface area (Å²) in [4.78, 5) is 40.8. The second-order valence-corrected chi connectivity index (χ2v) is 8.00. The smallest absolute Gasteiger partial charge is 0.264 e. The summed E-state index contributed by atoms with van der Waals surface area (Å²) in [6.45, 7) is 5.44. The summed E-state index contributed by atoms with van der Waals surface area (Å²) >= 11 is 1.40. The number of piperazine rings is 1. The summed E-state index contributed by atoms with van der Waals surface area (Å²) in [6.07, 6.45) is 1.60. The lowest BCUT2D eigenvalue weighted by Gasteiger charge is -2.34. The van der Waals surface area contributed by atoms with Crippen LogP contribution < -0.4 is 11.1 Å². The summed E-state index contributed by atoms with van der Waals surface area (Å²) in [7, 11) is 0. The molecular formula is C18H25ClN4O4S. The van der Waals surface area contributed by atoms with Gasteiger partial charge in [0.2, 0.25) is 11.8 Å². The van der Waals surface area contributed by atoms with E-state index >= 15 is 0 Å². The molecule has 8 nitrogen and oxygen atoms in total. The molecule has 0 aromatic carbocycles. The number of rotatable bonds is 5. The van der Waals surface area contributed by atoms with E-state index in [1.165, 1.54) is 11.3 Å². The third-order valence-electron chi connectivity index (χ3n) is 4.70. The van der Waals surface area contributed by atoms with Crippen molar-refractivity contribution in [2.75, 3.05) is 32.7 Å². The Morgan fingerprint density at radius 2 is 1.86 bits per heavy atom. The van der Waals surface area contributed by atoms with E-state index in [4.69, 9.17) is 10.2 Å². The molecule has 0 bridgehead atoms. The number of hydrogen-bond acceptors (Lipinski definition) is 6. The van der Waals surface area contributed by atoms with Crippen LogP contribution in [0, 0.1) is 5.92 Å². The minimum absolute atomic E-state index is 0. The van der Waals surface area contributed by atoms with E-state index in [0.29, 0.717) is 36.6 Å². The second-order valence-electron chi connectivity index (χ2n) is 6.92. The molecule has 3 rings (SSSR count). The third-order valence-corrected chi connectivity index (χ3v) is 5.77. The van der Waals surface area contributed by atoms with Crippen LogP contribution in [-0.4, -0.2) is 66.3 Å². The fourth-order valence-corrected chi connectivity index (χ4v) is 3.83. The summed E-state index contributed by atoms with van der Waals surface area (Å²) in [5.74, 6) is -0.530. The first-order chi connectivity index (χ1) is 12.9. The monoisotopic (exact) mass is 428 g/mol. The number of furan rings is 1. The standard InChI is InChI=1S/C18H24N4O4S.ClH/c1-11(2)16(19)17(24)20-10-15(23)21-4-6-22(7-5-21)18(25)14-9-12-13(27-14)3-8-26-12;/h3,8-9,11,16H,4-7,10,19H2,1-2H3,(H,20,24);1H/t16-;/m0./s1. The molecule has 0 unspecified atom stereocenters. The number of thiophene rings is 1. The molecule has 3 heterocycles. The fraction of sp³-hybridized carbons (Fsp3) is 0.500. The Kier molecular flexibility index (Phi) is 7.45. The largest absolute Gasteiger partial charge is 0.463 e. The van der Waals surface area contributed by atoms with Crippen molar-refractivity contribution in [2.24, 2.45) is 11.7 Å². The average Bonchev–Trinajstić information content (AvgIpc) is 3.26. The summed E-state index contributed by atoms with van der Waals surface area (Å²) < 4.78 is 6.25. The highest BCUT2D eigenvalue weighted by Gasteiger charge is 2.26. The van der Waals surface area contributed by atoms with Crippen molar-refractivity contribution < 1.29 is 18.8 Å². The van der Waals surface area contributed by atoms with Crippen molar-refractivity contribution in [1.29, 1.82) is 0 Å². The van der Waals surface area contributed by atoms with Crippen molar-refractivity contribution >= 4 is 51.7 Å². The van der Waals surface area contributed by atoms with Gasteiger partial charge in [-0.05, 0) is 12.0 Å². The molecule has 3 amide bonds. The Morgan fingerprint density at radius 3 is 2.46 bits per heavy atom. The number of halogens is 1. The summed E-state index contributed by atoms with van der Waals surface area (Å²) in [6, 6.07) is 2.97. The minimum atomic E-state index is -0.626. The van der Waals surface area contributed by atoms with Crippen molar-refractivity contribution in [1.82, 2.24) is 15.1 Å². The lowest BCUT2D eigenvalue weighted by molar-refractivity contribution is -0.134. The van der Waals surface area contributed by atoms with E-state index in [1.54, 1.807) is 22.1 Å². The molecule has 1 saturated heterocycles. The van der Waals surface area contributed by atoms with Crippen LogP contribution >= 0.6 is 23.7 Å². The Balaban J connectivity index is 0.00000280. The van der Waals surface area contributed by atoms with Gasteiger partial charge >= 0.3 is 0 Å². The van der Waals surface area contributed by atoms with Crippen LogP contribution in [0.15, 0.2) is 22.8 Å². The topological polar surface area (TPSA) is 109 Å². The Bertz CT molecular complexity index is 813. The molecule has 2 aromatic rings. The highest BCUT2D eigenvalue weighted by molar-refractivity contribution is 7.20. The van der Waals surface area contributed by atoms with Gasteiger partial charge in [-0.3, -0.25) is 14.4 Å². The van der Waals surface area contributed by atoms with Crippen LogP contribution in [0.1, 0.15) is 23.5 Å². The molecule has 10 heteroatoms. The lowest BCUT2D eigenvalue weighted by Crippen LogP contribution is -2.53. The number of hydrogen-bond donors (Lipinski definition) is 2. The predicted molar refractivity (Wildman–Crippen MR) is 110 cm³/mol. The number of nitrogens with two attached hydrogens (primary N) is 1. The van der Waals surface area contributed by atoms with Crippen LogP contribution in [0.5, 0.6) is 0 Å². The number of carbonyl (C=O) groups excluding carboxylic acids is 3. The van der Waals surface area contributed by atoms with Gasteiger partial charge < -0.3 is 25.3 Å². The molecule has 28 heavy (non-hydrogen) atoms. The number of nitrogens with zero attached hydrogens (tertiary/aromatic N) is 2. The third kappa shape index (κ3) is 4.84. The van der Waals surface area contributed by atoms with Crippen molar-refractivity contribution in [3.8, 4) is 0 Å². The molecular weight excluding hydrogens is 404 g/mol. The SMILES string of the molecule is CC(C)[C@H](N)C(=O)NCC(=O)N1CCN(C(=O)c2cc3occc3s2)CC1.Cl. The molecule has 154 valence electrons. The number of amides is 3. The van der Waals surface area contributed by atoms with Crippen LogP contribution in [0.4, 0.5) is 0 Å². The lowest BCUT2D eigenvalue weighted by atomic mass is 10.1. The quantitative estimate of drug-likeness (QED) is 0.746. The normalized spacial score (nSPS) is 15.4. The van der Waals surface area contributed by atoms with Gasteiger partial charge in [-0.1, -0.05) is 13.8 Å². The molecule has 0 spiro atoms. The van der Waals surface area contributed by atoms with E-state index in [-0.39, 0.29) is 42.6 Å². The molecule has 1 aliphatic rings. The van der Waals surface area contributed by atoms with Crippen LogP contribution in [0.2, 0.25) is 0 Å². The molecule has 1 atom stereocenters. The van der Waals surface area contributed by atoms with E-state index in [1.807, 2.05) is 19.9 Å². The van der Waals surface area contributed by atoms with E-state index in [0.717, 1.165) is 4.70 Å². The molecule has 1 aliphatic heterocycles. The van der Waals surface area contributed by atoms with Gasteiger partial charge in [-0.2, -0.15) is 0 Å². The van der Waals surface area contributed by atoms with Gasteiger partial charge in [-0.25, -0.2) is 0 Å². The minimum Gasteiger partial charge on any atom is -0.463 e. The number of carbonyl (C=O) groups is 3. The maximum absolute atomic E-state index is 12.6. The molecule has 1 fully saturated rings. The zero-order valence-corrected chi connectivity index (χ0v) is 17.5. The molecule has 0 aliphatic carbocycles. The zero-order valence-electron chi connectivity index (χ0n) is 15.8. The van der Waals surface area contributed by atoms with Gasteiger partial charge in [0.1, 0.15) is 5.58 Å². The molecule has 3 N–H and O–H groups in total. The highest BCUT2D eigenvalue weighted by Crippen LogP contribution is 2.27. The maximum atomic E-state index is 12.6. The van der Waals surface area contributed by atoms with Crippen molar-refractivity contribution in [3.05, 3.63) is 23.3 Å². The van der Waals surface area contributed by atoms with Gasteiger partial charge in [0, 0.05) is 32.2 Å². The van der Waals surface area contributed by atoms with Crippen LogP contribution in [0.25, 0.3) is 10.3 Å². The first-order valence-electron chi connectivity index (χ1n) is 8.94. The Hall–Kier alpha value is -2.10. The first kappa shape index (κ1) is 22.2. The fourth-order valence-electron chi connectivity index (χ4n) is 2.88. The predicted octanol–water partition coefficient (Wildman–Crippen LogP) is 1.30. The van der Waals surface area contributed by atoms with Gasteiger partial charge in [-0.15, -0.1) is 23.7 Å². The van der Waals surface area contributed by atoms with Gasteiger partial charge in [0.15, 0.2) is 0 Å². The molecule has 2 aromatic heterocycles. The zero-order chi connectivity index (χ0) is 19.6. The Morgan fingerprint density at radius 1 is 1.21 bits per heavy atom. The molecule has 0 saturated carbocycles. The summed E-state index contributed by atoms with van der Waals surface area (Å²) in [5, 5.41) is 2.59. The number of fused-ring (bicyclic) bond motifs is 1. The van der Waals surface area contributed by atoms with E-state index in [9.17, 15) is 14.4 Å². The summed E-state index contributed by atoms with van der Waals surface area (Å²) in [5.41, 5.74) is 6.48. The number of nitrogens with one attached hydrogen (secondary N) is 1. The van der Waals surface area contributed by atoms with E-state index < -0.39 is 6.04 Å². The van der Waals surface area contributed by atoms with Gasteiger partial charge in [0.25, 0.3) is 5.91 Å². The second kappa shape index (κ2) is 9.40. The Labute approximate surface area is 173 Å².